The molecule has 1 saturated carbocycles. The Balaban J connectivity index is 1.82. The van der Waals surface area contributed by atoms with Gasteiger partial charge in [-0.2, -0.15) is 0 Å². The van der Waals surface area contributed by atoms with Crippen LogP contribution in [0.2, 0.25) is 0 Å². The van der Waals surface area contributed by atoms with Crippen LogP contribution in [0.25, 0.3) is 0 Å². The summed E-state index contributed by atoms with van der Waals surface area (Å²) in [5.41, 5.74) is 0. The summed E-state index contributed by atoms with van der Waals surface area (Å²) < 4.78 is 0. The van der Waals surface area contributed by atoms with Gasteiger partial charge in [0, 0.05) is 19.5 Å². The minimum absolute atomic E-state index is 0.0586. The third-order valence-corrected chi connectivity index (χ3v) is 3.91. The fraction of sp³-hybridized carbons (Fsp3) is 0.917. The molecule has 86 valence electrons. The van der Waals surface area contributed by atoms with Crippen LogP contribution in [0, 0.1) is 5.92 Å². The lowest BCUT2D eigenvalue weighted by Gasteiger charge is -2.22. The lowest BCUT2D eigenvalue weighted by molar-refractivity contribution is -0.128. The van der Waals surface area contributed by atoms with E-state index in [2.05, 4.69) is 0 Å². The summed E-state index contributed by atoms with van der Waals surface area (Å²) >= 11 is 5.99. The number of amides is 1. The van der Waals surface area contributed by atoms with Gasteiger partial charge in [0.1, 0.15) is 0 Å². The highest BCUT2D eigenvalue weighted by Crippen LogP contribution is 2.26. The van der Waals surface area contributed by atoms with Crippen LogP contribution in [0.5, 0.6) is 0 Å². The quantitative estimate of drug-likeness (QED) is 0.527. The first-order valence-electron chi connectivity index (χ1n) is 6.17. The lowest BCUT2D eigenvalue weighted by Crippen LogP contribution is -2.31. The highest BCUT2D eigenvalue weighted by Gasteiger charge is 2.29. The Bertz CT molecular complexity index is 224. The molecule has 1 amide bonds. The first-order valence-corrected chi connectivity index (χ1v) is 6.61. The van der Waals surface area contributed by atoms with E-state index in [1.807, 2.05) is 4.90 Å². The van der Waals surface area contributed by atoms with Gasteiger partial charge in [-0.05, 0) is 18.8 Å². The molecule has 2 nitrogen and oxygen atoms in total. The van der Waals surface area contributed by atoms with E-state index in [1.165, 1.54) is 38.5 Å². The number of carbonyl (C=O) groups is 1. The molecule has 0 bridgehead atoms. The van der Waals surface area contributed by atoms with Crippen LogP contribution in [0.15, 0.2) is 0 Å². The predicted molar refractivity (Wildman–Crippen MR) is 62.0 cm³/mol. The van der Waals surface area contributed by atoms with Crippen molar-refractivity contribution in [3.05, 3.63) is 0 Å². The third kappa shape index (κ3) is 3.10. The summed E-state index contributed by atoms with van der Waals surface area (Å²) in [7, 11) is 0. The van der Waals surface area contributed by atoms with E-state index in [0.717, 1.165) is 19.0 Å². The summed E-state index contributed by atoms with van der Waals surface area (Å²) in [6, 6.07) is 0. The number of halogens is 1. The van der Waals surface area contributed by atoms with Gasteiger partial charge in [0.05, 0.1) is 5.38 Å². The Morgan fingerprint density at radius 1 is 1.20 bits per heavy atom. The van der Waals surface area contributed by atoms with Gasteiger partial charge in [-0.15, -0.1) is 11.6 Å². The SMILES string of the molecule is O=C1CC(Cl)CN1CC1CCCCCC1. The molecule has 0 spiro atoms. The second-order valence-electron chi connectivity index (χ2n) is 4.96. The molecule has 2 rings (SSSR count). The van der Waals surface area contributed by atoms with Crippen LogP contribution in [0.1, 0.15) is 44.9 Å². The third-order valence-electron chi connectivity index (χ3n) is 3.62. The van der Waals surface area contributed by atoms with Gasteiger partial charge in [0.2, 0.25) is 5.91 Å². The average Bonchev–Trinajstić information content (AvgIpc) is 2.44. The van der Waals surface area contributed by atoms with E-state index in [0.29, 0.717) is 6.42 Å². The maximum absolute atomic E-state index is 11.6. The van der Waals surface area contributed by atoms with E-state index in [4.69, 9.17) is 11.6 Å². The van der Waals surface area contributed by atoms with Crippen molar-refractivity contribution in [2.45, 2.75) is 50.3 Å². The van der Waals surface area contributed by atoms with Crippen molar-refractivity contribution in [1.82, 2.24) is 4.90 Å². The highest BCUT2D eigenvalue weighted by atomic mass is 35.5. The molecule has 0 radical (unpaired) electrons. The highest BCUT2D eigenvalue weighted by molar-refractivity contribution is 6.22. The molecule has 15 heavy (non-hydrogen) atoms. The average molecular weight is 230 g/mol. The largest absolute Gasteiger partial charge is 0.341 e. The molecular formula is C12H20ClNO. The molecule has 1 aliphatic heterocycles. The predicted octanol–water partition coefficient (Wildman–Crippen LogP) is 2.80. The van der Waals surface area contributed by atoms with Gasteiger partial charge < -0.3 is 4.90 Å². The number of carbonyl (C=O) groups excluding carboxylic acids is 1. The zero-order valence-corrected chi connectivity index (χ0v) is 10.0. The van der Waals surface area contributed by atoms with Gasteiger partial charge in [0.25, 0.3) is 0 Å². The van der Waals surface area contributed by atoms with E-state index in [9.17, 15) is 4.79 Å². The molecule has 2 aliphatic rings. The van der Waals surface area contributed by atoms with Crippen LogP contribution in [0.3, 0.4) is 0 Å². The Morgan fingerprint density at radius 3 is 2.40 bits per heavy atom. The Morgan fingerprint density at radius 2 is 1.87 bits per heavy atom. The van der Waals surface area contributed by atoms with E-state index >= 15 is 0 Å². The zero-order valence-electron chi connectivity index (χ0n) is 9.25. The first kappa shape index (κ1) is 11.3. The maximum Gasteiger partial charge on any atom is 0.224 e. The smallest absolute Gasteiger partial charge is 0.224 e. The van der Waals surface area contributed by atoms with Crippen molar-refractivity contribution in [2.24, 2.45) is 5.92 Å². The van der Waals surface area contributed by atoms with Crippen LogP contribution in [-0.4, -0.2) is 29.3 Å². The van der Waals surface area contributed by atoms with Crippen molar-refractivity contribution in [1.29, 1.82) is 0 Å². The van der Waals surface area contributed by atoms with Crippen molar-refractivity contribution < 1.29 is 4.79 Å². The summed E-state index contributed by atoms with van der Waals surface area (Å²) in [4.78, 5) is 13.6. The molecule has 0 N–H and O–H groups in total. The fourth-order valence-electron chi connectivity index (χ4n) is 2.76. The lowest BCUT2D eigenvalue weighted by atomic mass is 10.00. The van der Waals surface area contributed by atoms with E-state index in [-0.39, 0.29) is 11.3 Å². The maximum atomic E-state index is 11.6. The molecule has 1 saturated heterocycles. The van der Waals surface area contributed by atoms with Gasteiger partial charge in [-0.25, -0.2) is 0 Å². The fourth-order valence-corrected chi connectivity index (χ4v) is 3.06. The van der Waals surface area contributed by atoms with E-state index < -0.39 is 0 Å². The molecule has 1 unspecified atom stereocenters. The van der Waals surface area contributed by atoms with Crippen LogP contribution in [-0.2, 0) is 4.79 Å². The first-order chi connectivity index (χ1) is 7.25. The van der Waals surface area contributed by atoms with Crippen LogP contribution >= 0.6 is 11.6 Å². The van der Waals surface area contributed by atoms with Crippen molar-refractivity contribution in [3.63, 3.8) is 0 Å². The Hall–Kier alpha value is -0.240. The molecule has 0 aromatic rings. The number of alkyl halides is 1. The molecular weight excluding hydrogens is 210 g/mol. The molecule has 1 heterocycles. The van der Waals surface area contributed by atoms with Crippen molar-refractivity contribution in [2.75, 3.05) is 13.1 Å². The van der Waals surface area contributed by atoms with Crippen LogP contribution < -0.4 is 0 Å². The van der Waals surface area contributed by atoms with E-state index in [1.54, 1.807) is 0 Å². The Kier molecular flexibility index (Phi) is 3.90. The molecule has 1 aliphatic carbocycles. The van der Waals surface area contributed by atoms with Crippen molar-refractivity contribution in [3.8, 4) is 0 Å². The molecule has 1 atom stereocenters. The number of nitrogens with zero attached hydrogens (tertiary/aromatic N) is 1. The normalized spacial score (nSPS) is 29.5. The van der Waals surface area contributed by atoms with Gasteiger partial charge >= 0.3 is 0 Å². The second kappa shape index (κ2) is 5.20. The number of likely N-dealkylation sites (tertiary alicyclic amines) is 1. The number of hydrogen-bond acceptors (Lipinski definition) is 1. The van der Waals surface area contributed by atoms with Crippen molar-refractivity contribution >= 4 is 17.5 Å². The monoisotopic (exact) mass is 229 g/mol. The molecule has 2 fully saturated rings. The van der Waals surface area contributed by atoms with Gasteiger partial charge in [-0.1, -0.05) is 25.7 Å². The molecule has 3 heteroatoms. The summed E-state index contributed by atoms with van der Waals surface area (Å²) in [5, 5.41) is 0.0586. The standard InChI is InChI=1S/C12H20ClNO/c13-11-7-12(15)14(9-11)8-10-5-3-1-2-4-6-10/h10-11H,1-9H2. The molecule has 0 aromatic heterocycles. The zero-order chi connectivity index (χ0) is 10.7. The second-order valence-corrected chi connectivity index (χ2v) is 5.57. The minimum Gasteiger partial charge on any atom is -0.341 e. The summed E-state index contributed by atoms with van der Waals surface area (Å²) in [6.07, 6.45) is 8.60. The number of hydrogen-bond donors (Lipinski definition) is 0. The summed E-state index contributed by atoms with van der Waals surface area (Å²) in [6.45, 7) is 1.74. The van der Waals surface area contributed by atoms with Gasteiger partial charge in [-0.3, -0.25) is 4.79 Å². The topological polar surface area (TPSA) is 20.3 Å². The minimum atomic E-state index is 0.0586. The molecule has 0 aromatic carbocycles. The van der Waals surface area contributed by atoms with Gasteiger partial charge in [0.15, 0.2) is 0 Å². The van der Waals surface area contributed by atoms with Crippen LogP contribution in [0.4, 0.5) is 0 Å². The summed E-state index contributed by atoms with van der Waals surface area (Å²) in [5.74, 6) is 0.998. The number of rotatable bonds is 2. The Labute approximate surface area is 97.0 Å².